The minimum Gasteiger partial charge on any atom is -0.366 e. The highest BCUT2D eigenvalue weighted by Gasteiger charge is 2.24. The van der Waals surface area contributed by atoms with Gasteiger partial charge in [0.1, 0.15) is 17.7 Å². The van der Waals surface area contributed by atoms with Crippen molar-refractivity contribution < 1.29 is 14.0 Å². The molecule has 2 aromatic heterocycles. The van der Waals surface area contributed by atoms with Gasteiger partial charge in [0.25, 0.3) is 11.8 Å². The number of carbonyl (C=O) groups is 2. The van der Waals surface area contributed by atoms with E-state index in [-0.39, 0.29) is 28.9 Å². The Kier molecular flexibility index (Phi) is 7.46. The summed E-state index contributed by atoms with van der Waals surface area (Å²) in [6.45, 7) is 2.14. The highest BCUT2D eigenvalue weighted by Crippen LogP contribution is 2.33. The number of carbonyl (C=O) groups excluding carboxylic acids is 2. The van der Waals surface area contributed by atoms with Crippen LogP contribution in [0.1, 0.15) is 51.3 Å². The summed E-state index contributed by atoms with van der Waals surface area (Å²) in [7, 11) is 0. The van der Waals surface area contributed by atoms with Crippen molar-refractivity contribution in [2.24, 2.45) is 0 Å². The molecule has 3 heterocycles. The number of aromatic nitrogens is 3. The number of aromatic amines is 1. The lowest BCUT2D eigenvalue weighted by atomic mass is 10.0. The maximum Gasteiger partial charge on any atom is 0.256 e. The molecule has 10 heteroatoms. The number of amides is 2. The van der Waals surface area contributed by atoms with E-state index in [1.54, 1.807) is 37.7 Å². The fourth-order valence-corrected chi connectivity index (χ4v) is 4.26. The van der Waals surface area contributed by atoms with Crippen molar-refractivity contribution in [3.8, 4) is 6.07 Å². The molecule has 0 saturated carbocycles. The van der Waals surface area contributed by atoms with Gasteiger partial charge in [0.15, 0.2) is 0 Å². The minimum absolute atomic E-state index is 0.182. The number of nitrogens with one attached hydrogen (secondary N) is 4. The number of hydrogen-bond acceptors (Lipinski definition) is 6. The van der Waals surface area contributed by atoms with Crippen LogP contribution in [0.2, 0.25) is 0 Å². The maximum absolute atomic E-state index is 13.3. The van der Waals surface area contributed by atoms with E-state index in [1.807, 2.05) is 36.4 Å². The SMILES string of the molecule is C[C@H](NC(=O)c1cc(C#N)cnc1NCC=Cc1ccc2c(c1)NC(=O)C2=Cc1cnc[nH]1)c1ccc(F)cc1. The summed E-state index contributed by atoms with van der Waals surface area (Å²) in [5, 5.41) is 18.2. The summed E-state index contributed by atoms with van der Waals surface area (Å²) in [5.74, 6) is -0.633. The Balaban J connectivity index is 1.26. The predicted molar refractivity (Wildman–Crippen MR) is 150 cm³/mol. The monoisotopic (exact) mass is 533 g/mol. The smallest absolute Gasteiger partial charge is 0.256 e. The fourth-order valence-electron chi connectivity index (χ4n) is 4.26. The molecule has 0 saturated heterocycles. The van der Waals surface area contributed by atoms with Crippen LogP contribution in [0.3, 0.4) is 0 Å². The Morgan fingerprint density at radius 3 is 2.75 bits per heavy atom. The van der Waals surface area contributed by atoms with Crippen molar-refractivity contribution in [1.29, 1.82) is 5.26 Å². The Hall–Kier alpha value is -5.56. The first-order chi connectivity index (χ1) is 19.4. The van der Waals surface area contributed by atoms with Crippen LogP contribution in [0.4, 0.5) is 15.9 Å². The van der Waals surface area contributed by atoms with Crippen molar-refractivity contribution in [3.63, 3.8) is 0 Å². The molecule has 1 aliphatic rings. The third-order valence-electron chi connectivity index (χ3n) is 6.32. The van der Waals surface area contributed by atoms with Gasteiger partial charge < -0.3 is 20.9 Å². The van der Waals surface area contributed by atoms with Gasteiger partial charge in [-0.3, -0.25) is 9.59 Å². The molecular weight excluding hydrogens is 509 g/mol. The predicted octanol–water partition coefficient (Wildman–Crippen LogP) is 4.92. The Morgan fingerprint density at radius 2 is 2.00 bits per heavy atom. The van der Waals surface area contributed by atoms with Crippen molar-refractivity contribution in [2.75, 3.05) is 17.2 Å². The normalized spacial score (nSPS) is 14.0. The summed E-state index contributed by atoms with van der Waals surface area (Å²) in [6.07, 6.45) is 10.1. The fraction of sp³-hybridized carbons (Fsp3) is 0.100. The highest BCUT2D eigenvalue weighted by atomic mass is 19.1. The van der Waals surface area contributed by atoms with Gasteiger partial charge in [0.05, 0.1) is 41.0 Å². The van der Waals surface area contributed by atoms with Gasteiger partial charge in [-0.15, -0.1) is 0 Å². The number of nitrogens with zero attached hydrogens (tertiary/aromatic N) is 3. The first-order valence-electron chi connectivity index (χ1n) is 12.4. The first kappa shape index (κ1) is 26.1. The summed E-state index contributed by atoms with van der Waals surface area (Å²) in [5.41, 5.74) is 4.91. The number of H-pyrrole nitrogens is 1. The van der Waals surface area contributed by atoms with E-state index in [4.69, 9.17) is 0 Å². The molecule has 1 atom stereocenters. The van der Waals surface area contributed by atoms with Crippen molar-refractivity contribution in [2.45, 2.75) is 13.0 Å². The number of benzene rings is 2. The number of fused-ring (bicyclic) bond motifs is 1. The Morgan fingerprint density at radius 1 is 1.18 bits per heavy atom. The van der Waals surface area contributed by atoms with Gasteiger partial charge in [0.2, 0.25) is 0 Å². The number of imidazole rings is 1. The largest absolute Gasteiger partial charge is 0.366 e. The van der Waals surface area contributed by atoms with Gasteiger partial charge in [-0.05, 0) is 48.4 Å². The molecule has 0 bridgehead atoms. The Bertz CT molecular complexity index is 1670. The molecule has 0 radical (unpaired) electrons. The van der Waals surface area contributed by atoms with E-state index in [9.17, 15) is 19.2 Å². The van der Waals surface area contributed by atoms with Gasteiger partial charge in [0, 0.05) is 24.0 Å². The molecule has 2 amide bonds. The molecule has 0 fully saturated rings. The topological polar surface area (TPSA) is 136 Å². The Labute approximate surface area is 229 Å². The van der Waals surface area contributed by atoms with Crippen molar-refractivity contribution >= 4 is 41.0 Å². The van der Waals surface area contributed by atoms with Crippen LogP contribution in [0, 0.1) is 17.1 Å². The lowest BCUT2D eigenvalue weighted by molar-refractivity contribution is -0.110. The average molecular weight is 534 g/mol. The maximum atomic E-state index is 13.3. The molecular formula is C30H24FN7O2. The second kappa shape index (κ2) is 11.4. The zero-order chi connectivity index (χ0) is 28.1. The quantitative estimate of drug-likeness (QED) is 0.237. The number of halogens is 1. The molecule has 4 N–H and O–H groups in total. The molecule has 0 aliphatic carbocycles. The third-order valence-corrected chi connectivity index (χ3v) is 6.32. The van der Waals surface area contributed by atoms with Gasteiger partial charge in [-0.25, -0.2) is 14.4 Å². The van der Waals surface area contributed by atoms with Crippen molar-refractivity contribution in [1.82, 2.24) is 20.3 Å². The molecule has 1 aliphatic heterocycles. The van der Waals surface area contributed by atoms with E-state index in [2.05, 4.69) is 30.9 Å². The molecule has 9 nitrogen and oxygen atoms in total. The van der Waals surface area contributed by atoms with Gasteiger partial charge >= 0.3 is 0 Å². The van der Waals surface area contributed by atoms with Crippen LogP contribution >= 0.6 is 0 Å². The number of pyridine rings is 1. The molecule has 40 heavy (non-hydrogen) atoms. The molecule has 0 unspecified atom stereocenters. The number of rotatable bonds is 8. The van der Waals surface area contributed by atoms with E-state index in [0.717, 1.165) is 22.4 Å². The second-order valence-electron chi connectivity index (χ2n) is 9.09. The molecule has 0 spiro atoms. The highest BCUT2D eigenvalue weighted by molar-refractivity contribution is 6.34. The van der Waals surface area contributed by atoms with Crippen LogP contribution in [-0.2, 0) is 4.79 Å². The van der Waals surface area contributed by atoms with Crippen LogP contribution in [0.25, 0.3) is 17.7 Å². The van der Waals surface area contributed by atoms with Crippen LogP contribution in [0.15, 0.2) is 73.3 Å². The molecule has 2 aromatic carbocycles. The van der Waals surface area contributed by atoms with E-state index < -0.39 is 5.91 Å². The number of hydrogen-bond donors (Lipinski definition) is 4. The van der Waals surface area contributed by atoms with E-state index in [0.29, 0.717) is 23.6 Å². The molecule has 5 rings (SSSR count). The summed E-state index contributed by atoms with van der Waals surface area (Å²) in [4.78, 5) is 36.7. The van der Waals surface area contributed by atoms with Crippen LogP contribution in [0.5, 0.6) is 0 Å². The van der Waals surface area contributed by atoms with E-state index in [1.165, 1.54) is 24.4 Å². The zero-order valence-electron chi connectivity index (χ0n) is 21.4. The lowest BCUT2D eigenvalue weighted by Gasteiger charge is -2.16. The second-order valence-corrected chi connectivity index (χ2v) is 9.09. The summed E-state index contributed by atoms with van der Waals surface area (Å²) < 4.78 is 13.3. The van der Waals surface area contributed by atoms with Crippen LogP contribution in [-0.4, -0.2) is 33.3 Å². The third kappa shape index (κ3) is 5.79. The van der Waals surface area contributed by atoms with Crippen molar-refractivity contribution in [3.05, 3.63) is 113 Å². The standard InChI is InChI=1S/C30H24FN7O2/c1-18(21-5-7-22(31)8-6-21)37-30(40)26-11-20(14-32)15-35-28(26)34-10-2-3-19-4-9-24-25(13-23-16-33-17-36-23)29(39)38-27(24)12-19/h2-9,11-13,15-18H,10H2,1H3,(H,33,36)(H,34,35)(H,37,40)(H,38,39)/t18-/m0/s1. The summed E-state index contributed by atoms with van der Waals surface area (Å²) in [6, 6.07) is 14.6. The van der Waals surface area contributed by atoms with Gasteiger partial charge in [-0.1, -0.05) is 36.4 Å². The number of anilines is 2. The van der Waals surface area contributed by atoms with Gasteiger partial charge in [-0.2, -0.15) is 5.26 Å². The van der Waals surface area contributed by atoms with E-state index >= 15 is 0 Å². The first-order valence-corrected chi connectivity index (χ1v) is 12.4. The van der Waals surface area contributed by atoms with Crippen LogP contribution < -0.4 is 16.0 Å². The summed E-state index contributed by atoms with van der Waals surface area (Å²) >= 11 is 0. The zero-order valence-corrected chi connectivity index (χ0v) is 21.4. The molecule has 198 valence electrons. The minimum atomic E-state index is -0.416. The molecule has 4 aromatic rings. The average Bonchev–Trinajstić information content (AvgIpc) is 3.58. The lowest BCUT2D eigenvalue weighted by Crippen LogP contribution is -2.28. The number of nitriles is 1.